The number of ether oxygens (including phenoxy) is 2. The molecule has 146 valence electrons. The van der Waals surface area contributed by atoms with E-state index in [-0.39, 0.29) is 17.3 Å². The Morgan fingerprint density at radius 3 is 2.48 bits per heavy atom. The largest absolute Gasteiger partial charge is 0.493 e. The molecule has 0 heterocycles. The summed E-state index contributed by atoms with van der Waals surface area (Å²) in [7, 11) is 1.19. The third kappa shape index (κ3) is 5.68. The molecule has 8 nitrogen and oxygen atoms in total. The van der Waals surface area contributed by atoms with Crippen molar-refractivity contribution in [2.45, 2.75) is 11.4 Å². The number of amides is 1. The van der Waals surface area contributed by atoms with Crippen molar-refractivity contribution in [1.29, 1.82) is 0 Å². The molecule has 0 aliphatic rings. The molecule has 4 N–H and O–H groups in total. The van der Waals surface area contributed by atoms with Crippen molar-refractivity contribution in [1.82, 2.24) is 0 Å². The summed E-state index contributed by atoms with van der Waals surface area (Å²) in [6.45, 7) is 0.727. The molecule has 9 heteroatoms. The zero-order valence-electron chi connectivity index (χ0n) is 15.5. The number of methoxy groups -OCH3 is 2. The number of carbonyl (C=O) groups is 1. The molecular weight excluding hydrogens is 370 g/mol. The van der Waals surface area contributed by atoms with Crippen LogP contribution in [-0.2, 0) is 21.4 Å². The number of likely N-dealkylation sites (N-methyl/N-ethyl adjacent to an activating group) is 1. The van der Waals surface area contributed by atoms with Crippen molar-refractivity contribution in [3.63, 3.8) is 0 Å². The third-order valence-electron chi connectivity index (χ3n) is 3.89. The number of carbonyl (C=O) groups excluding carboxylic acids is 1. The highest BCUT2D eigenvalue weighted by atomic mass is 32.2. The molecule has 1 unspecified atom stereocenters. The van der Waals surface area contributed by atoms with Crippen molar-refractivity contribution in [2.75, 3.05) is 33.1 Å². The molecule has 27 heavy (non-hydrogen) atoms. The topological polar surface area (TPSA) is 112 Å². The average Bonchev–Trinajstić information content (AvgIpc) is 2.60. The predicted octanol–water partition coefficient (Wildman–Crippen LogP) is 0.00460. The molecule has 0 bridgehead atoms. The number of anilines is 1. The molecule has 0 radical (unpaired) electrons. The van der Waals surface area contributed by atoms with Crippen LogP contribution in [0.3, 0.4) is 0 Å². The number of nitrogens with two attached hydrogens (primary N) is 1. The summed E-state index contributed by atoms with van der Waals surface area (Å²) in [5.74, 6) is 1.02. The van der Waals surface area contributed by atoms with Crippen LogP contribution < -0.4 is 24.8 Å². The second kappa shape index (κ2) is 8.85. The molecule has 2 rings (SSSR count). The highest BCUT2D eigenvalue weighted by Crippen LogP contribution is 2.30. The van der Waals surface area contributed by atoms with Crippen LogP contribution in [0, 0.1) is 0 Å². The fourth-order valence-corrected chi connectivity index (χ4v) is 3.27. The van der Waals surface area contributed by atoms with Gasteiger partial charge in [0.25, 0.3) is 5.91 Å². The quantitative estimate of drug-likeness (QED) is 0.584. The number of hydrogen-bond acceptors (Lipinski definition) is 5. The van der Waals surface area contributed by atoms with E-state index in [4.69, 9.17) is 14.6 Å². The minimum atomic E-state index is -3.82. The fraction of sp³-hybridized carbons (Fsp3) is 0.278. The van der Waals surface area contributed by atoms with Gasteiger partial charge in [-0.05, 0) is 30.3 Å². The van der Waals surface area contributed by atoms with Crippen molar-refractivity contribution >= 4 is 21.6 Å². The molecule has 2 aromatic rings. The van der Waals surface area contributed by atoms with Gasteiger partial charge in [0.2, 0.25) is 10.0 Å². The molecule has 1 amide bonds. The van der Waals surface area contributed by atoms with Gasteiger partial charge in [-0.1, -0.05) is 12.1 Å². The standard InChI is InChI=1S/C18H23N3O5S/c1-21(11-13-6-4-9-16(25-2)18(13)26-3)12-17(22)20-14-7-5-8-15(10-14)27(19,23)24/h4-10H,11-12H2,1-3H3,(H,20,22)(H2,19,23,24)/p+1. The molecule has 1 atom stereocenters. The van der Waals surface area contributed by atoms with Gasteiger partial charge in [0.05, 0.1) is 31.7 Å². The minimum Gasteiger partial charge on any atom is -0.493 e. The Morgan fingerprint density at radius 2 is 1.85 bits per heavy atom. The van der Waals surface area contributed by atoms with Gasteiger partial charge in [-0.3, -0.25) is 4.79 Å². The first-order valence-electron chi connectivity index (χ1n) is 8.18. The second-order valence-corrected chi connectivity index (χ2v) is 7.65. The summed E-state index contributed by atoms with van der Waals surface area (Å²) >= 11 is 0. The van der Waals surface area contributed by atoms with E-state index in [1.807, 2.05) is 25.2 Å². The van der Waals surface area contributed by atoms with E-state index >= 15 is 0 Å². The van der Waals surface area contributed by atoms with E-state index in [2.05, 4.69) is 5.32 Å². The maximum Gasteiger partial charge on any atom is 0.279 e. The van der Waals surface area contributed by atoms with Gasteiger partial charge < -0.3 is 19.7 Å². The van der Waals surface area contributed by atoms with Crippen LogP contribution in [0.2, 0.25) is 0 Å². The van der Waals surface area contributed by atoms with Crippen LogP contribution in [0.1, 0.15) is 5.56 Å². The number of quaternary nitrogens is 1. The molecule has 0 aromatic heterocycles. The fourth-order valence-electron chi connectivity index (χ4n) is 2.71. The van der Waals surface area contributed by atoms with Gasteiger partial charge in [0, 0.05) is 5.69 Å². The van der Waals surface area contributed by atoms with E-state index in [0.717, 1.165) is 10.5 Å². The van der Waals surface area contributed by atoms with E-state index < -0.39 is 10.0 Å². The Labute approximate surface area is 158 Å². The maximum atomic E-state index is 12.3. The normalized spacial score (nSPS) is 12.3. The SMILES string of the molecule is COc1cccc(C[NH+](C)CC(=O)Nc2cccc(S(N)(=O)=O)c2)c1OC. The Hall–Kier alpha value is -2.62. The van der Waals surface area contributed by atoms with Crippen molar-refractivity contribution in [3.8, 4) is 11.5 Å². The van der Waals surface area contributed by atoms with Crippen molar-refractivity contribution in [2.24, 2.45) is 5.14 Å². The molecule has 0 aliphatic carbocycles. The van der Waals surface area contributed by atoms with Gasteiger partial charge in [-0.25, -0.2) is 13.6 Å². The van der Waals surface area contributed by atoms with Crippen LogP contribution in [0.5, 0.6) is 11.5 Å². The zero-order valence-corrected chi connectivity index (χ0v) is 16.3. The number of sulfonamides is 1. The highest BCUT2D eigenvalue weighted by Gasteiger charge is 2.16. The van der Waals surface area contributed by atoms with E-state index in [0.29, 0.717) is 23.7 Å². The molecule has 0 saturated carbocycles. The first kappa shape index (κ1) is 20.7. The molecule has 0 aliphatic heterocycles. The summed E-state index contributed by atoms with van der Waals surface area (Å²) in [6, 6.07) is 11.4. The van der Waals surface area contributed by atoms with Gasteiger partial charge in [-0.15, -0.1) is 0 Å². The Bertz CT molecular complexity index is 915. The molecule has 2 aromatic carbocycles. The van der Waals surface area contributed by atoms with E-state index in [1.165, 1.54) is 18.2 Å². The van der Waals surface area contributed by atoms with Crippen molar-refractivity contribution in [3.05, 3.63) is 48.0 Å². The maximum absolute atomic E-state index is 12.3. The van der Waals surface area contributed by atoms with Gasteiger partial charge >= 0.3 is 0 Å². The van der Waals surface area contributed by atoms with Gasteiger partial charge in [-0.2, -0.15) is 0 Å². The highest BCUT2D eigenvalue weighted by molar-refractivity contribution is 7.89. The van der Waals surface area contributed by atoms with Crippen LogP contribution >= 0.6 is 0 Å². The lowest BCUT2D eigenvalue weighted by atomic mass is 10.1. The number of rotatable bonds is 8. The number of nitrogens with one attached hydrogen (secondary N) is 2. The van der Waals surface area contributed by atoms with E-state index in [1.54, 1.807) is 20.3 Å². The zero-order chi connectivity index (χ0) is 20.0. The van der Waals surface area contributed by atoms with Gasteiger partial charge in [0.1, 0.15) is 6.54 Å². The Morgan fingerprint density at radius 1 is 1.15 bits per heavy atom. The first-order valence-corrected chi connectivity index (χ1v) is 9.73. The molecule has 0 fully saturated rings. The lowest BCUT2D eigenvalue weighted by molar-refractivity contribution is -0.885. The molecule has 0 spiro atoms. The van der Waals surface area contributed by atoms with Crippen LogP contribution in [0.25, 0.3) is 0 Å². The molecule has 0 saturated heterocycles. The van der Waals surface area contributed by atoms with Crippen LogP contribution in [0.4, 0.5) is 5.69 Å². The van der Waals surface area contributed by atoms with E-state index in [9.17, 15) is 13.2 Å². The van der Waals surface area contributed by atoms with Crippen molar-refractivity contribution < 1.29 is 27.6 Å². The lowest BCUT2D eigenvalue weighted by Gasteiger charge is -2.17. The second-order valence-electron chi connectivity index (χ2n) is 6.08. The Balaban J connectivity index is 2.03. The average molecular weight is 394 g/mol. The summed E-state index contributed by atoms with van der Waals surface area (Å²) in [6.07, 6.45) is 0. The predicted molar refractivity (Wildman–Crippen MR) is 101 cm³/mol. The first-order chi connectivity index (χ1) is 12.7. The monoisotopic (exact) mass is 394 g/mol. The number of benzene rings is 2. The summed E-state index contributed by atoms with van der Waals surface area (Å²) < 4.78 is 33.5. The summed E-state index contributed by atoms with van der Waals surface area (Å²) in [4.78, 5) is 13.1. The number of para-hydroxylation sites is 1. The Kier molecular flexibility index (Phi) is 6.78. The van der Waals surface area contributed by atoms with Crippen LogP contribution in [0.15, 0.2) is 47.4 Å². The summed E-state index contributed by atoms with van der Waals surface area (Å²) in [5.41, 5.74) is 1.29. The third-order valence-corrected chi connectivity index (χ3v) is 4.80. The number of hydrogen-bond donors (Lipinski definition) is 3. The van der Waals surface area contributed by atoms with Gasteiger partial charge in [0.15, 0.2) is 18.0 Å². The molecular formula is C18H24N3O5S+. The lowest BCUT2D eigenvalue weighted by Crippen LogP contribution is -3.08. The smallest absolute Gasteiger partial charge is 0.279 e. The van der Waals surface area contributed by atoms with Crippen LogP contribution in [-0.4, -0.2) is 42.1 Å². The minimum absolute atomic E-state index is 0.0536. The number of primary sulfonamides is 1. The summed E-state index contributed by atoms with van der Waals surface area (Å²) in [5, 5.41) is 7.79.